The fourth-order valence-corrected chi connectivity index (χ4v) is 8.02. The van der Waals surface area contributed by atoms with Crippen molar-refractivity contribution in [3.05, 3.63) is 143 Å². The normalized spacial score (nSPS) is 13.3. The molecule has 0 saturated heterocycles. The first-order valence-corrected chi connectivity index (χ1v) is 16.5. The van der Waals surface area contributed by atoms with Gasteiger partial charge in [0, 0.05) is 0 Å². The van der Waals surface area contributed by atoms with Crippen LogP contribution >= 0.6 is 0 Å². The van der Waals surface area contributed by atoms with E-state index in [0.717, 1.165) is 0 Å². The molecule has 224 valence electrons. The first-order valence-electron chi connectivity index (χ1n) is 16.5. The molecule has 0 saturated carbocycles. The van der Waals surface area contributed by atoms with Crippen molar-refractivity contribution in [2.75, 3.05) is 0 Å². The lowest BCUT2D eigenvalue weighted by Gasteiger charge is -2.32. The molecule has 0 nitrogen and oxygen atoms in total. The van der Waals surface area contributed by atoms with Crippen LogP contribution in [0.15, 0.2) is 109 Å². The Kier molecular flexibility index (Phi) is 6.38. The van der Waals surface area contributed by atoms with Gasteiger partial charge >= 0.3 is 0 Å². The van der Waals surface area contributed by atoms with Gasteiger partial charge in [-0.3, -0.25) is 0 Å². The van der Waals surface area contributed by atoms with Gasteiger partial charge in [0.2, 0.25) is 0 Å². The molecule has 8 aromatic rings. The van der Waals surface area contributed by atoms with Crippen LogP contribution in [0, 0.1) is 0 Å². The average Bonchev–Trinajstić information content (AvgIpc) is 3.03. The highest BCUT2D eigenvalue weighted by Gasteiger charge is 2.30. The number of rotatable bonds is 4. The van der Waals surface area contributed by atoms with Gasteiger partial charge < -0.3 is 0 Å². The first-order chi connectivity index (χ1) is 22.1. The summed E-state index contributed by atoms with van der Waals surface area (Å²) in [6, 6.07) is 40.2. The Morgan fingerprint density at radius 1 is 0.348 bits per heavy atom. The number of benzene rings is 8. The summed E-state index contributed by atoms with van der Waals surface area (Å²) in [4.78, 5) is 0. The van der Waals surface area contributed by atoms with Crippen molar-refractivity contribution in [3.63, 3.8) is 0 Å². The second-order valence-electron chi connectivity index (χ2n) is 15.0. The Morgan fingerprint density at radius 2 is 0.717 bits per heavy atom. The molecule has 46 heavy (non-hydrogen) atoms. The molecule has 0 fully saturated rings. The number of hydrogen-bond donors (Lipinski definition) is 0. The molecule has 0 aromatic heterocycles. The molecule has 0 bridgehead atoms. The van der Waals surface area contributed by atoms with Crippen LogP contribution in [0.3, 0.4) is 0 Å². The first kappa shape index (κ1) is 28.5. The summed E-state index contributed by atoms with van der Waals surface area (Å²) in [6.45, 7) is 14.3. The molecule has 0 heteroatoms. The molecule has 0 aliphatic heterocycles. The lowest BCUT2D eigenvalue weighted by Crippen LogP contribution is -2.16. The van der Waals surface area contributed by atoms with E-state index in [9.17, 15) is 0 Å². The van der Waals surface area contributed by atoms with Crippen LogP contribution < -0.4 is 0 Å². The van der Waals surface area contributed by atoms with E-state index in [1.54, 1.807) is 0 Å². The predicted molar refractivity (Wildman–Crippen MR) is 204 cm³/mol. The van der Waals surface area contributed by atoms with E-state index >= 15 is 0 Å². The van der Waals surface area contributed by atoms with Gasteiger partial charge in [-0.15, -0.1) is 0 Å². The van der Waals surface area contributed by atoms with Crippen LogP contribution in [0.5, 0.6) is 0 Å². The van der Waals surface area contributed by atoms with Crippen LogP contribution in [0.1, 0.15) is 74.9 Å². The van der Waals surface area contributed by atoms with E-state index in [0.29, 0.717) is 0 Å². The van der Waals surface area contributed by atoms with Crippen molar-refractivity contribution < 1.29 is 0 Å². The lowest BCUT2D eigenvalue weighted by atomic mass is 9.72. The van der Waals surface area contributed by atoms with Crippen molar-refractivity contribution in [1.29, 1.82) is 0 Å². The van der Waals surface area contributed by atoms with Gasteiger partial charge in [-0.2, -0.15) is 0 Å². The summed E-state index contributed by atoms with van der Waals surface area (Å²) >= 11 is 0. The van der Waals surface area contributed by atoms with Crippen LogP contribution in [-0.2, 0) is 10.8 Å². The Morgan fingerprint density at radius 3 is 1.09 bits per heavy atom. The topological polar surface area (TPSA) is 0 Å². The highest BCUT2D eigenvalue weighted by molar-refractivity contribution is 6.39. The Balaban J connectivity index is 1.60. The molecule has 0 N–H and O–H groups in total. The molecule has 8 aromatic carbocycles. The van der Waals surface area contributed by atoms with E-state index in [-0.39, 0.29) is 10.8 Å². The second-order valence-corrected chi connectivity index (χ2v) is 15.0. The predicted octanol–water partition coefficient (Wildman–Crippen LogP) is 13.3. The van der Waals surface area contributed by atoms with Crippen LogP contribution in [0.4, 0.5) is 0 Å². The standard InChI is InChI=1S/C46H40/c1-45(2,3)43-35-21-13-19-33-32(26-24-30-17-11-8-12-18-30)28-38-42(39(33)35)41-37(43)27-31(25-23-29-15-9-7-10-16-29)34-20-14-22-36(40(34)41)44(38)46(4,5)6/h7-28H,1-6H3/b25-23+,26-24+. The summed E-state index contributed by atoms with van der Waals surface area (Å²) in [7, 11) is 0. The largest absolute Gasteiger partial charge is 0.0622 e. The lowest BCUT2D eigenvalue weighted by molar-refractivity contribution is 0.600. The third-order valence-corrected chi connectivity index (χ3v) is 9.73. The maximum atomic E-state index is 2.48. The SMILES string of the molecule is CC(C)(C)c1c2cccc3c(/C=C/c4ccccc4)cc4c(C(C)(C)C)c5cccc6c(/C=C/c7ccccc7)cc1c(c65)c4c32. The monoisotopic (exact) mass is 592 g/mol. The molecule has 0 heterocycles. The van der Waals surface area contributed by atoms with Crippen LogP contribution in [0.2, 0.25) is 0 Å². The van der Waals surface area contributed by atoms with E-state index < -0.39 is 0 Å². The zero-order chi connectivity index (χ0) is 31.8. The van der Waals surface area contributed by atoms with E-state index in [4.69, 9.17) is 0 Å². The molecular weight excluding hydrogens is 553 g/mol. The molecule has 0 aliphatic carbocycles. The Bertz CT molecular complexity index is 2260. The van der Waals surface area contributed by atoms with Gasteiger partial charge in [0.25, 0.3) is 0 Å². The smallest absolute Gasteiger partial charge is 0.00105 e. The third kappa shape index (κ3) is 4.43. The Hall–Kier alpha value is -4.94. The molecule has 0 spiro atoms. The van der Waals surface area contributed by atoms with E-state index in [2.05, 4.69) is 175 Å². The van der Waals surface area contributed by atoms with Gasteiger partial charge in [-0.25, -0.2) is 0 Å². The molecule has 8 rings (SSSR count). The quantitative estimate of drug-likeness (QED) is 0.108. The van der Waals surface area contributed by atoms with Gasteiger partial charge in [0.05, 0.1) is 0 Å². The highest BCUT2D eigenvalue weighted by atomic mass is 14.3. The van der Waals surface area contributed by atoms with Crippen LogP contribution in [0.25, 0.3) is 78.2 Å². The van der Waals surface area contributed by atoms with Gasteiger partial charge in [-0.05, 0) is 110 Å². The van der Waals surface area contributed by atoms with Crippen molar-refractivity contribution in [1.82, 2.24) is 0 Å². The van der Waals surface area contributed by atoms with Gasteiger partial charge in [-0.1, -0.05) is 163 Å². The zero-order valence-electron chi connectivity index (χ0n) is 27.7. The van der Waals surface area contributed by atoms with E-state index in [1.165, 1.54) is 87.2 Å². The maximum absolute atomic E-state index is 2.48. The zero-order valence-corrected chi connectivity index (χ0v) is 27.7. The number of hydrogen-bond acceptors (Lipinski definition) is 0. The molecule has 0 radical (unpaired) electrons. The van der Waals surface area contributed by atoms with Crippen molar-refractivity contribution in [2.24, 2.45) is 0 Å². The molecule has 0 aliphatic rings. The van der Waals surface area contributed by atoms with E-state index in [1.807, 2.05) is 0 Å². The molecule has 0 unspecified atom stereocenters. The van der Waals surface area contributed by atoms with Crippen LogP contribution in [-0.4, -0.2) is 0 Å². The van der Waals surface area contributed by atoms with Gasteiger partial charge in [0.1, 0.15) is 0 Å². The minimum Gasteiger partial charge on any atom is -0.0622 e. The summed E-state index contributed by atoms with van der Waals surface area (Å²) < 4.78 is 0. The average molecular weight is 593 g/mol. The van der Waals surface area contributed by atoms with Gasteiger partial charge in [0.15, 0.2) is 0 Å². The van der Waals surface area contributed by atoms with Crippen molar-refractivity contribution in [3.8, 4) is 0 Å². The van der Waals surface area contributed by atoms with Crippen molar-refractivity contribution in [2.45, 2.75) is 52.4 Å². The highest BCUT2D eigenvalue weighted by Crippen LogP contribution is 2.52. The summed E-state index contributed by atoms with van der Waals surface area (Å²) in [5.74, 6) is 0. The molecule has 0 amide bonds. The fraction of sp³-hybridized carbons (Fsp3) is 0.174. The minimum absolute atomic E-state index is 0.0599. The summed E-state index contributed by atoms with van der Waals surface area (Å²) in [6.07, 6.45) is 9.18. The summed E-state index contributed by atoms with van der Waals surface area (Å²) in [5.41, 5.74) is 7.72. The Labute approximate surface area is 272 Å². The third-order valence-electron chi connectivity index (χ3n) is 9.73. The maximum Gasteiger partial charge on any atom is -0.00105 e. The minimum atomic E-state index is -0.0599. The summed E-state index contributed by atoms with van der Waals surface area (Å²) in [5, 5.41) is 13.8. The molecular formula is C46H40. The molecule has 0 atom stereocenters. The van der Waals surface area contributed by atoms with Crippen molar-refractivity contribution >= 4 is 78.2 Å². The second kappa shape index (κ2) is 10.3. The fourth-order valence-electron chi connectivity index (χ4n) is 8.02.